The molecule has 5 aromatic carbocycles. The van der Waals surface area contributed by atoms with Crippen LogP contribution in [-0.2, 0) is 45.2 Å². The van der Waals surface area contributed by atoms with Gasteiger partial charge in [-0.3, -0.25) is 29.0 Å². The number of thiazole rings is 1. The molecule has 3 amide bonds. The van der Waals surface area contributed by atoms with E-state index in [9.17, 15) is 41.1 Å². The van der Waals surface area contributed by atoms with E-state index in [-0.39, 0.29) is 63.4 Å². The molecule has 11 rings (SSSR count). The summed E-state index contributed by atoms with van der Waals surface area (Å²) in [7, 11) is -8.04. The average Bonchev–Trinajstić information content (AvgIpc) is 1.72. The third-order valence-electron chi connectivity index (χ3n) is 22.7. The molecular formula is C85H114ClN9O10S4. The Hall–Kier alpha value is -6.35. The van der Waals surface area contributed by atoms with E-state index in [0.717, 1.165) is 205 Å². The van der Waals surface area contributed by atoms with E-state index in [2.05, 4.69) is 71.3 Å². The molecule has 0 radical (unpaired) electrons. The van der Waals surface area contributed by atoms with Gasteiger partial charge in [0.1, 0.15) is 17.8 Å². The number of sulfone groups is 2. The zero-order valence-electron chi connectivity index (χ0n) is 64.9. The molecule has 1 aliphatic carbocycles. The lowest BCUT2D eigenvalue weighted by atomic mass is 9.71. The maximum Gasteiger partial charge on any atom is 0.246 e. The first-order valence-corrected chi connectivity index (χ1v) is 45.1. The summed E-state index contributed by atoms with van der Waals surface area (Å²) in [5.41, 5.74) is 10.3. The van der Waals surface area contributed by atoms with Gasteiger partial charge in [0.25, 0.3) is 0 Å². The number of thioether (sulfide) groups is 1. The maximum absolute atomic E-state index is 14.3. The summed E-state index contributed by atoms with van der Waals surface area (Å²) in [6.45, 7) is 26.6. The number of hydrogen-bond acceptors (Lipinski definition) is 18. The second kappa shape index (κ2) is 38.5. The van der Waals surface area contributed by atoms with Gasteiger partial charge in [-0.1, -0.05) is 131 Å². The number of nitrogens with zero attached hydrogens (tertiary/aromatic N) is 7. The molecule has 5 heterocycles. The number of piperazine rings is 2. The van der Waals surface area contributed by atoms with Gasteiger partial charge in [-0.2, -0.15) is 0 Å². The summed E-state index contributed by atoms with van der Waals surface area (Å²) in [4.78, 5) is 75.8. The van der Waals surface area contributed by atoms with E-state index in [1.54, 1.807) is 41.3 Å². The number of aryl methyl sites for hydroxylation is 1. The van der Waals surface area contributed by atoms with Crippen LogP contribution in [0.25, 0.3) is 16.0 Å². The van der Waals surface area contributed by atoms with E-state index in [1.807, 2.05) is 107 Å². The number of nitrogens with one attached hydrogen (secondary N) is 2. The number of unbranched alkanes of at least 4 members (excludes halogenated alkanes) is 5. The normalized spacial score (nSPS) is 20.4. The highest BCUT2D eigenvalue weighted by atomic mass is 35.5. The molecule has 4 fully saturated rings. The summed E-state index contributed by atoms with van der Waals surface area (Å²) >= 11 is 9.75. The molecule has 0 spiro atoms. The number of hydrogen-bond donors (Lipinski definition) is 3. The van der Waals surface area contributed by atoms with E-state index in [4.69, 9.17) is 16.3 Å². The van der Waals surface area contributed by atoms with Crippen molar-refractivity contribution in [3.63, 3.8) is 0 Å². The van der Waals surface area contributed by atoms with E-state index in [1.165, 1.54) is 33.7 Å². The van der Waals surface area contributed by atoms with Crippen LogP contribution in [0.1, 0.15) is 150 Å². The number of allylic oxidation sites excluding steroid dienone is 1. The number of ketones is 1. The highest BCUT2D eigenvalue weighted by Crippen LogP contribution is 2.45. The van der Waals surface area contributed by atoms with Crippen LogP contribution in [0.5, 0.6) is 0 Å². The van der Waals surface area contributed by atoms with Crippen LogP contribution >= 0.6 is 34.7 Å². The van der Waals surface area contributed by atoms with Crippen LogP contribution in [-0.4, -0.2) is 222 Å². The lowest BCUT2D eigenvalue weighted by molar-refractivity contribution is -0.144. The molecule has 590 valence electrons. The van der Waals surface area contributed by atoms with Crippen molar-refractivity contribution in [3.8, 4) is 10.4 Å². The van der Waals surface area contributed by atoms with Crippen LogP contribution in [0.15, 0.2) is 147 Å². The number of aliphatic hydroxyl groups excluding tert-OH is 1. The molecule has 4 saturated heterocycles. The number of ether oxygens (including phenoxy) is 1. The SMILES string of the molecule is Cc1ncsc1-c1ccc([C@H](C)NC(=O)[C@@H]2C[C@@H](O)CN2C(=O)[C@@H](NC(=O)CCCCCCCCN2CCN(CC3(C)CCC(c4ccc(Cl)cc4)=C(CN4CCN(c5ccc(C(=O)CS(=O)(=O)c6ccc(C[C@H](CCN7CCOCC7)CSc7ccccc7)c(S(C)(=O)=O)c6)cc5)CC4)C3)CC2)C(C)(C)C)cc1. The molecule has 109 heavy (non-hydrogen) atoms. The molecule has 1 aromatic heterocycles. The lowest BCUT2D eigenvalue weighted by Gasteiger charge is -2.44. The number of Topliss-reactive ketones (excluding diaryl/α,β-unsaturated/α-hetero) is 1. The topological polar surface area (TPSA) is 222 Å². The van der Waals surface area contributed by atoms with Crippen LogP contribution in [0.2, 0.25) is 5.02 Å². The predicted octanol–water partition coefficient (Wildman–Crippen LogP) is 13.0. The number of halogens is 1. The summed E-state index contributed by atoms with van der Waals surface area (Å²) in [5.74, 6) is -1.33. The smallest absolute Gasteiger partial charge is 0.246 e. The Morgan fingerprint density at radius 3 is 2.08 bits per heavy atom. The minimum Gasteiger partial charge on any atom is -0.391 e. The minimum absolute atomic E-state index is 0.0169. The zero-order valence-corrected chi connectivity index (χ0v) is 68.9. The molecule has 5 aliphatic rings. The largest absolute Gasteiger partial charge is 0.391 e. The van der Waals surface area contributed by atoms with Gasteiger partial charge in [-0.15, -0.1) is 23.1 Å². The Labute approximate surface area is 661 Å². The Balaban J connectivity index is 0.594. The van der Waals surface area contributed by atoms with Crippen molar-refractivity contribution >= 4 is 89.1 Å². The number of amides is 3. The number of aromatic nitrogens is 1. The molecule has 0 saturated carbocycles. The molecule has 4 aliphatic heterocycles. The van der Waals surface area contributed by atoms with Crippen LogP contribution < -0.4 is 15.5 Å². The van der Waals surface area contributed by atoms with Crippen LogP contribution in [0, 0.1) is 23.7 Å². The quantitative estimate of drug-likeness (QED) is 0.0194. The fourth-order valence-corrected chi connectivity index (χ4v) is 20.5. The highest BCUT2D eigenvalue weighted by Gasteiger charge is 2.45. The van der Waals surface area contributed by atoms with Crippen LogP contribution in [0.4, 0.5) is 5.69 Å². The molecule has 24 heteroatoms. The summed E-state index contributed by atoms with van der Waals surface area (Å²) < 4.78 is 60.4. The van der Waals surface area contributed by atoms with Crippen molar-refractivity contribution in [2.24, 2.45) is 16.7 Å². The van der Waals surface area contributed by atoms with Crippen molar-refractivity contribution < 1.29 is 45.9 Å². The minimum atomic E-state index is -4.21. The van der Waals surface area contributed by atoms with Crippen molar-refractivity contribution in [1.29, 1.82) is 0 Å². The summed E-state index contributed by atoms with van der Waals surface area (Å²) in [5, 5.41) is 17.6. The van der Waals surface area contributed by atoms with E-state index < -0.39 is 54.8 Å². The van der Waals surface area contributed by atoms with Crippen molar-refractivity contribution in [1.82, 2.24) is 40.1 Å². The molecule has 1 unspecified atom stereocenters. The van der Waals surface area contributed by atoms with E-state index >= 15 is 0 Å². The fraction of sp³-hybridized carbons (Fsp3) is 0.541. The number of anilines is 1. The molecule has 3 N–H and O–H groups in total. The first-order valence-electron chi connectivity index (χ1n) is 39.3. The number of aliphatic hydroxyl groups is 1. The maximum atomic E-state index is 14.3. The number of rotatable bonds is 34. The van der Waals surface area contributed by atoms with Crippen molar-refractivity contribution in [2.45, 2.75) is 164 Å². The number of carbonyl (C=O) groups excluding carboxylic acids is 4. The number of carbonyl (C=O) groups is 4. The van der Waals surface area contributed by atoms with Gasteiger partial charge in [0, 0.05) is 131 Å². The molecule has 6 aromatic rings. The van der Waals surface area contributed by atoms with Gasteiger partial charge in [0.15, 0.2) is 25.5 Å². The molecule has 0 bridgehead atoms. The first kappa shape index (κ1) is 83.6. The van der Waals surface area contributed by atoms with Crippen molar-refractivity contribution in [3.05, 3.63) is 165 Å². The van der Waals surface area contributed by atoms with Gasteiger partial charge in [-0.05, 0) is 177 Å². The molecule has 19 nitrogen and oxygen atoms in total. The van der Waals surface area contributed by atoms with Gasteiger partial charge in [0.2, 0.25) is 17.7 Å². The predicted molar refractivity (Wildman–Crippen MR) is 439 cm³/mol. The number of likely N-dealkylation sites (tertiary alicyclic amines) is 1. The van der Waals surface area contributed by atoms with Crippen molar-refractivity contribution in [2.75, 3.05) is 134 Å². The number of benzene rings is 5. The van der Waals surface area contributed by atoms with Gasteiger partial charge >= 0.3 is 0 Å². The Morgan fingerprint density at radius 2 is 1.41 bits per heavy atom. The first-order chi connectivity index (χ1) is 52.1. The van der Waals surface area contributed by atoms with E-state index in [0.29, 0.717) is 31.6 Å². The lowest BCUT2D eigenvalue weighted by Crippen LogP contribution is -2.57. The zero-order chi connectivity index (χ0) is 77.5. The molecular weight excluding hydrogens is 1470 g/mol. The van der Waals surface area contributed by atoms with Crippen LogP contribution in [0.3, 0.4) is 0 Å². The Morgan fingerprint density at radius 1 is 0.761 bits per heavy atom. The summed E-state index contributed by atoms with van der Waals surface area (Å²) in [6, 6.07) is 36.0. The Kier molecular flexibility index (Phi) is 29.5. The second-order valence-electron chi connectivity index (χ2n) is 32.4. The highest BCUT2D eigenvalue weighted by molar-refractivity contribution is 7.99. The Bertz CT molecular complexity index is 4290. The monoisotopic (exact) mass is 1580 g/mol. The standard InChI is InChI=1S/C85H114ClN9O10S4/c1-61(64-20-22-67(23-21-64)80-62(2)87-60-107-80)88-82(99)76-52-72(96)56-95(76)83(100)81(84(3,4)5)89-79(98)19-15-10-8-9-11-16-37-90-39-41-93(42-40-90)59-85(6)36-34-75(65-24-29-70(86)30-25-65)69(54-85)55-92-43-45-94(46-44-92)71-31-26-66(27-32-71)77(97)58-109(103,104)74-33-28-68(78(53-74)108(7,101)102)51-63(35-38-91-47-49-105-50-48-91)57-106-73-17-13-12-14-18-73/h12-14,17-18,20-33,53,60-61,63,72,76,81,96H,8-11,15-16,19,34-52,54-59H2,1-7H3,(H,88,99)(H,89,98)/t61-,63-,72+,76-,81+,85?/m0/s1. The van der Waals surface area contributed by atoms with Gasteiger partial charge < -0.3 is 40.1 Å². The molecule has 6 atom stereocenters. The fourth-order valence-electron chi connectivity index (χ4n) is 16.2. The number of β-amino-alcohol motifs (C(OH)–C–C–N with tert-alkyl or cyclic N) is 1. The third-order valence-corrected chi connectivity index (χ3v) is 27.9. The third kappa shape index (κ3) is 23.6. The summed E-state index contributed by atoms with van der Waals surface area (Å²) in [6.07, 6.45) is 11.2. The second-order valence-corrected chi connectivity index (χ2v) is 38.8. The average molecular weight is 1590 g/mol. The van der Waals surface area contributed by atoms with Gasteiger partial charge in [-0.25, -0.2) is 21.8 Å². The number of morpholine rings is 1. The van der Waals surface area contributed by atoms with Gasteiger partial charge in [0.05, 0.1) is 51.2 Å².